The first-order valence-electron chi connectivity index (χ1n) is 5.23. The van der Waals surface area contributed by atoms with Gasteiger partial charge in [0.05, 0.1) is 0 Å². The zero-order chi connectivity index (χ0) is 12.8. The molecule has 0 amide bonds. The van der Waals surface area contributed by atoms with Gasteiger partial charge in [0.1, 0.15) is 23.8 Å². The smallest absolute Gasteiger partial charge is 0.182 e. The Morgan fingerprint density at radius 2 is 2.06 bits per heavy atom. The van der Waals surface area contributed by atoms with Crippen LogP contribution in [0.5, 0.6) is 0 Å². The lowest BCUT2D eigenvalue weighted by atomic mass is 10.2. The number of nitriles is 1. The highest BCUT2D eigenvalue weighted by Gasteiger charge is 1.99. The van der Waals surface area contributed by atoms with Crippen molar-refractivity contribution in [2.24, 2.45) is 0 Å². The molecule has 0 radical (unpaired) electrons. The fourth-order valence-electron chi connectivity index (χ4n) is 1.42. The predicted octanol–water partition coefficient (Wildman–Crippen LogP) is 2.12. The number of rotatable bonds is 4. The molecule has 0 atom stereocenters. The maximum atomic E-state index is 13.0. The summed E-state index contributed by atoms with van der Waals surface area (Å²) in [4.78, 5) is 7.85. The van der Waals surface area contributed by atoms with Crippen molar-refractivity contribution in [2.75, 3.05) is 10.6 Å². The monoisotopic (exact) mass is 243 g/mol. The maximum absolute atomic E-state index is 13.0. The van der Waals surface area contributed by atoms with Crippen LogP contribution in [0, 0.1) is 17.3 Å². The van der Waals surface area contributed by atoms with Gasteiger partial charge in [-0.2, -0.15) is 5.26 Å². The summed E-state index contributed by atoms with van der Waals surface area (Å²) >= 11 is 0. The van der Waals surface area contributed by atoms with Gasteiger partial charge in [0.2, 0.25) is 0 Å². The zero-order valence-corrected chi connectivity index (χ0v) is 9.39. The van der Waals surface area contributed by atoms with Crippen molar-refractivity contribution < 1.29 is 4.39 Å². The Labute approximate surface area is 103 Å². The van der Waals surface area contributed by atoms with Crippen LogP contribution in [0.15, 0.2) is 36.7 Å². The van der Waals surface area contributed by atoms with E-state index in [0.29, 0.717) is 18.2 Å². The van der Waals surface area contributed by atoms with Gasteiger partial charge in [-0.15, -0.1) is 0 Å². The second-order valence-electron chi connectivity index (χ2n) is 3.51. The first-order chi connectivity index (χ1) is 8.78. The number of nitrogens with zero attached hydrogens (tertiary/aromatic N) is 3. The number of aromatic nitrogens is 2. The van der Waals surface area contributed by atoms with Crippen LogP contribution in [0.4, 0.5) is 16.0 Å². The summed E-state index contributed by atoms with van der Waals surface area (Å²) in [5.74, 6) is 0.699. The van der Waals surface area contributed by atoms with Gasteiger partial charge < -0.3 is 5.32 Å². The van der Waals surface area contributed by atoms with Crippen molar-refractivity contribution in [3.8, 4) is 6.19 Å². The molecule has 18 heavy (non-hydrogen) atoms. The number of hydrogen-bond donors (Lipinski definition) is 2. The van der Waals surface area contributed by atoms with Gasteiger partial charge in [-0.25, -0.2) is 14.4 Å². The predicted molar refractivity (Wildman–Crippen MR) is 65.0 cm³/mol. The molecular weight excluding hydrogens is 233 g/mol. The standard InChI is InChI=1S/C12H10FN5/c13-10-3-1-2-9(4-10)6-15-11-5-12(16-7-14)18-8-17-11/h1-5,8H,6H2,(H2,15,16,17,18). The van der Waals surface area contributed by atoms with E-state index in [-0.39, 0.29) is 5.82 Å². The molecule has 0 saturated carbocycles. The third-order valence-corrected chi connectivity index (χ3v) is 2.21. The molecule has 0 saturated heterocycles. The van der Waals surface area contributed by atoms with E-state index in [1.807, 2.05) is 6.07 Å². The van der Waals surface area contributed by atoms with Crippen LogP contribution in [0.25, 0.3) is 0 Å². The van der Waals surface area contributed by atoms with E-state index in [0.717, 1.165) is 5.56 Å². The van der Waals surface area contributed by atoms with Crippen LogP contribution in [-0.2, 0) is 6.54 Å². The molecule has 90 valence electrons. The van der Waals surface area contributed by atoms with Gasteiger partial charge in [-0.3, -0.25) is 5.32 Å². The summed E-state index contributed by atoms with van der Waals surface area (Å²) in [6.45, 7) is 0.445. The van der Waals surface area contributed by atoms with E-state index in [1.54, 1.807) is 18.3 Å². The van der Waals surface area contributed by atoms with E-state index < -0.39 is 0 Å². The van der Waals surface area contributed by atoms with E-state index in [1.165, 1.54) is 18.5 Å². The SMILES string of the molecule is N#CNc1cc(NCc2cccc(F)c2)ncn1. The molecule has 2 rings (SSSR count). The van der Waals surface area contributed by atoms with Crippen molar-refractivity contribution in [3.05, 3.63) is 48.0 Å². The Kier molecular flexibility index (Phi) is 3.66. The molecule has 0 spiro atoms. The molecule has 0 fully saturated rings. The van der Waals surface area contributed by atoms with Gasteiger partial charge in [0, 0.05) is 12.6 Å². The Balaban J connectivity index is 2.02. The highest BCUT2D eigenvalue weighted by atomic mass is 19.1. The van der Waals surface area contributed by atoms with E-state index >= 15 is 0 Å². The number of hydrogen-bond acceptors (Lipinski definition) is 5. The molecule has 2 N–H and O–H groups in total. The number of nitrogens with one attached hydrogen (secondary N) is 2. The summed E-state index contributed by atoms with van der Waals surface area (Å²) < 4.78 is 13.0. The first-order valence-corrected chi connectivity index (χ1v) is 5.23. The van der Waals surface area contributed by atoms with Crippen LogP contribution in [0.3, 0.4) is 0 Å². The van der Waals surface area contributed by atoms with Crippen molar-refractivity contribution in [2.45, 2.75) is 6.54 Å². The van der Waals surface area contributed by atoms with Crippen LogP contribution in [0.2, 0.25) is 0 Å². The molecule has 0 unspecified atom stereocenters. The van der Waals surface area contributed by atoms with E-state index in [2.05, 4.69) is 20.6 Å². The number of benzene rings is 1. The number of anilines is 2. The maximum Gasteiger partial charge on any atom is 0.182 e. The van der Waals surface area contributed by atoms with Crippen LogP contribution in [0.1, 0.15) is 5.56 Å². The lowest BCUT2D eigenvalue weighted by molar-refractivity contribution is 0.626. The summed E-state index contributed by atoms with van der Waals surface area (Å²) in [6, 6.07) is 7.90. The third kappa shape index (κ3) is 3.15. The van der Waals surface area contributed by atoms with Crippen molar-refractivity contribution in [1.82, 2.24) is 9.97 Å². The molecule has 1 aromatic carbocycles. The van der Waals surface area contributed by atoms with Crippen molar-refractivity contribution in [1.29, 1.82) is 5.26 Å². The molecule has 0 aliphatic carbocycles. The highest BCUT2D eigenvalue weighted by molar-refractivity contribution is 5.48. The third-order valence-electron chi connectivity index (χ3n) is 2.21. The second-order valence-corrected chi connectivity index (χ2v) is 3.51. The van der Waals surface area contributed by atoms with Crippen molar-refractivity contribution >= 4 is 11.6 Å². The van der Waals surface area contributed by atoms with Gasteiger partial charge >= 0.3 is 0 Å². The molecule has 0 aliphatic rings. The molecule has 2 aromatic rings. The summed E-state index contributed by atoms with van der Waals surface area (Å²) in [7, 11) is 0. The van der Waals surface area contributed by atoms with Gasteiger partial charge in [0.25, 0.3) is 0 Å². The summed E-state index contributed by atoms with van der Waals surface area (Å²) in [5.41, 5.74) is 0.809. The Hall–Kier alpha value is -2.68. The van der Waals surface area contributed by atoms with Crippen LogP contribution < -0.4 is 10.6 Å². The summed E-state index contributed by atoms with van der Waals surface area (Å²) in [5, 5.41) is 13.9. The zero-order valence-electron chi connectivity index (χ0n) is 9.39. The molecule has 0 aliphatic heterocycles. The van der Waals surface area contributed by atoms with Gasteiger partial charge in [-0.05, 0) is 17.7 Å². The number of halogens is 1. The van der Waals surface area contributed by atoms with Gasteiger partial charge in [0.15, 0.2) is 6.19 Å². The minimum Gasteiger partial charge on any atom is -0.366 e. The molecule has 1 heterocycles. The van der Waals surface area contributed by atoms with Crippen molar-refractivity contribution in [3.63, 3.8) is 0 Å². The fourth-order valence-corrected chi connectivity index (χ4v) is 1.42. The average molecular weight is 243 g/mol. The van der Waals surface area contributed by atoms with Gasteiger partial charge in [-0.1, -0.05) is 12.1 Å². The molecule has 0 bridgehead atoms. The Morgan fingerprint density at radius 3 is 2.83 bits per heavy atom. The fraction of sp³-hybridized carbons (Fsp3) is 0.0833. The Morgan fingerprint density at radius 1 is 1.22 bits per heavy atom. The van der Waals surface area contributed by atoms with E-state index in [9.17, 15) is 4.39 Å². The lowest BCUT2D eigenvalue weighted by Gasteiger charge is -2.06. The van der Waals surface area contributed by atoms with E-state index in [4.69, 9.17) is 5.26 Å². The lowest BCUT2D eigenvalue weighted by Crippen LogP contribution is -2.03. The largest absolute Gasteiger partial charge is 0.366 e. The summed E-state index contributed by atoms with van der Waals surface area (Å²) in [6.07, 6.45) is 3.12. The molecule has 1 aromatic heterocycles. The highest BCUT2D eigenvalue weighted by Crippen LogP contribution is 2.10. The van der Waals surface area contributed by atoms with Crippen LogP contribution in [-0.4, -0.2) is 9.97 Å². The van der Waals surface area contributed by atoms with Crippen LogP contribution >= 0.6 is 0 Å². The molecular formula is C12H10FN5. The topological polar surface area (TPSA) is 73.6 Å². The first kappa shape index (κ1) is 11.8. The minimum absolute atomic E-state index is 0.274. The minimum atomic E-state index is -0.274. The quantitative estimate of drug-likeness (QED) is 0.635. The average Bonchev–Trinajstić information content (AvgIpc) is 2.37. The molecule has 5 nitrogen and oxygen atoms in total. The second kappa shape index (κ2) is 5.59. The normalized spacial score (nSPS) is 9.56. The molecule has 6 heteroatoms. The Bertz CT molecular complexity index is 579.